The van der Waals surface area contributed by atoms with E-state index in [1.807, 2.05) is 34.0 Å². The second-order valence-corrected chi connectivity index (χ2v) is 41.1. The van der Waals surface area contributed by atoms with Crippen LogP contribution in [0.4, 0.5) is 0 Å². The summed E-state index contributed by atoms with van der Waals surface area (Å²) in [5, 5.41) is 26.0. The maximum atomic E-state index is 5.52. The fourth-order valence-corrected chi connectivity index (χ4v) is 26.6. The topological polar surface area (TPSA) is 38.7 Å². The van der Waals surface area contributed by atoms with E-state index in [-0.39, 0.29) is 0 Å². The normalized spacial score (nSPS) is 11.7. The lowest BCUT2D eigenvalue weighted by atomic mass is 9.91. The molecule has 30 aromatic rings. The van der Waals surface area contributed by atoms with Crippen molar-refractivity contribution in [1.82, 2.24) is 15.0 Å². The zero-order valence-corrected chi connectivity index (χ0v) is 82.2. The summed E-state index contributed by atoms with van der Waals surface area (Å²) in [5.41, 5.74) is 31.5. The van der Waals surface area contributed by atoms with Gasteiger partial charge in [-0.1, -0.05) is 443 Å². The van der Waals surface area contributed by atoms with Crippen LogP contribution in [-0.4, -0.2) is 15.0 Å². The van der Waals surface area contributed by atoms with Crippen LogP contribution >= 0.6 is 34.0 Å². The molecule has 0 fully saturated rings. The summed E-state index contributed by atoms with van der Waals surface area (Å²) in [6, 6.07) is 191. The summed E-state index contributed by atoms with van der Waals surface area (Å²) >= 11 is 5.68. The van der Waals surface area contributed by atoms with Crippen LogP contribution in [0.3, 0.4) is 0 Å². The molecule has 6 heterocycles. The zero-order chi connectivity index (χ0) is 96.9. The van der Waals surface area contributed by atoms with E-state index in [0.29, 0.717) is 0 Å². The van der Waals surface area contributed by atoms with Crippen LogP contribution < -0.4 is 0 Å². The van der Waals surface area contributed by atoms with Gasteiger partial charge in [0, 0.05) is 132 Å². The molecule has 0 saturated heterocycles. The van der Waals surface area contributed by atoms with Crippen molar-refractivity contribution in [3.63, 3.8) is 0 Å². The molecule has 6 heteroatoms. The molecule has 3 nitrogen and oxygen atoms in total. The van der Waals surface area contributed by atoms with Gasteiger partial charge in [0.15, 0.2) is 0 Å². The third-order valence-corrected chi connectivity index (χ3v) is 33.4. The molecule has 147 heavy (non-hydrogen) atoms. The van der Waals surface area contributed by atoms with E-state index in [0.717, 1.165) is 50.3 Å². The van der Waals surface area contributed by atoms with E-state index in [1.165, 1.54) is 241 Å². The van der Waals surface area contributed by atoms with Crippen LogP contribution in [0, 0.1) is 0 Å². The Balaban J connectivity index is 0.000000107. The molecule has 0 radical (unpaired) electrons. The molecule has 684 valence electrons. The highest BCUT2D eigenvalue weighted by molar-refractivity contribution is 7.27. The second-order valence-electron chi connectivity index (χ2n) is 38.0. The molecule has 0 atom stereocenters. The average molecular weight is 1920 g/mol. The fourth-order valence-electron chi connectivity index (χ4n) is 22.7. The third kappa shape index (κ3) is 15.2. The smallest absolute Gasteiger partial charge is 0.0794 e. The Kier molecular flexibility index (Phi) is 21.6. The monoisotopic (exact) mass is 1920 g/mol. The first-order valence-corrected chi connectivity index (χ1v) is 52.6. The Hall–Kier alpha value is -18.3. The van der Waals surface area contributed by atoms with Gasteiger partial charge in [0.25, 0.3) is 0 Å². The zero-order valence-electron chi connectivity index (χ0n) is 79.8. The minimum atomic E-state index is 0.972. The molecule has 30 rings (SSSR count). The summed E-state index contributed by atoms with van der Waals surface area (Å²) in [7, 11) is 0. The van der Waals surface area contributed by atoms with Crippen LogP contribution in [0.15, 0.2) is 528 Å². The molecule has 0 N–H and O–H groups in total. The van der Waals surface area contributed by atoms with E-state index < -0.39 is 0 Å². The van der Waals surface area contributed by atoms with Gasteiger partial charge in [0.2, 0.25) is 0 Å². The van der Waals surface area contributed by atoms with Gasteiger partial charge in [-0.3, -0.25) is 0 Å². The Morgan fingerprint density at radius 2 is 0.340 bits per heavy atom. The molecule has 24 aromatic carbocycles. The minimum Gasteiger partial charge on any atom is -0.247 e. The maximum absolute atomic E-state index is 5.52. The Labute approximate surface area is 861 Å². The lowest BCUT2D eigenvalue weighted by molar-refractivity contribution is 1.41. The summed E-state index contributed by atoms with van der Waals surface area (Å²) in [6.45, 7) is 0. The first kappa shape index (κ1) is 86.6. The molecule has 0 spiro atoms. The molecular formula is C141H87N3S3. The molecule has 0 amide bonds. The Morgan fingerprint density at radius 1 is 0.109 bits per heavy atom. The van der Waals surface area contributed by atoms with E-state index in [9.17, 15) is 0 Å². The van der Waals surface area contributed by atoms with Gasteiger partial charge in [-0.15, -0.1) is 34.0 Å². The van der Waals surface area contributed by atoms with Crippen molar-refractivity contribution in [3.8, 4) is 134 Å². The highest BCUT2D eigenvalue weighted by atomic mass is 32.1. The van der Waals surface area contributed by atoms with E-state index in [1.54, 1.807) is 0 Å². The Bertz CT molecular complexity index is 10400. The van der Waals surface area contributed by atoms with Gasteiger partial charge >= 0.3 is 0 Å². The van der Waals surface area contributed by atoms with Crippen molar-refractivity contribution < 1.29 is 0 Å². The first-order valence-electron chi connectivity index (χ1n) is 50.1. The highest BCUT2D eigenvalue weighted by Gasteiger charge is 2.26. The van der Waals surface area contributed by atoms with Crippen molar-refractivity contribution >= 4 is 192 Å². The van der Waals surface area contributed by atoms with Gasteiger partial charge in [-0.25, -0.2) is 15.0 Å². The summed E-state index contributed by atoms with van der Waals surface area (Å²) in [6.07, 6.45) is 0. The van der Waals surface area contributed by atoms with Crippen LogP contribution in [0.5, 0.6) is 0 Å². The van der Waals surface area contributed by atoms with Gasteiger partial charge in [0.05, 0.1) is 33.6 Å². The Morgan fingerprint density at radius 3 is 0.707 bits per heavy atom. The minimum absolute atomic E-state index is 0.972. The molecule has 0 unspecified atom stereocenters. The lowest BCUT2D eigenvalue weighted by Gasteiger charge is -2.15. The quantitative estimate of drug-likeness (QED) is 0.114. The predicted octanol–water partition coefficient (Wildman–Crippen LogP) is 40.7. The maximum Gasteiger partial charge on any atom is 0.0794 e. The van der Waals surface area contributed by atoms with Crippen LogP contribution in [0.1, 0.15) is 0 Å². The van der Waals surface area contributed by atoms with Gasteiger partial charge in [-0.2, -0.15) is 0 Å². The van der Waals surface area contributed by atoms with E-state index >= 15 is 0 Å². The number of hydrogen-bond acceptors (Lipinski definition) is 6. The standard InChI is InChI=1S/C53H33NS.C47H29NS.C41H25NS/c1-4-16-34(17-5-1)37-30-46(36-20-8-3-9-21-36)52-48(32-37)49-33-38(35-18-6-2-7-19-35)31-47(53(49)55-52)42-25-12-14-26-43(42)50-29-28-45-41-24-11-10-22-39(41)40-23-13-15-27-44(40)51(45)54-50;1-3-13-30(14-4-1)32-23-26-45-41(27-32)43-29-33(31-15-5-2-6-16-31)28-42(47(43)49-45)37-20-9-11-21-38(37)44-25-24-40-36-19-8-7-17-34(36)35-18-10-12-22-39(35)46(40)48-44;1-2-12-26(13-3-1)27-20-10-22-36-37-23-11-21-35(41(37)43-40(27)36)31-17-6-8-18-32(31)38-25-24-34-30-16-5-4-14-28(30)29-15-7-9-19-33(29)39(34)42-38/h1-33H;1-29H;1-25H. The van der Waals surface area contributed by atoms with Crippen molar-refractivity contribution in [1.29, 1.82) is 0 Å². The number of nitrogens with zero attached hydrogens (tertiary/aromatic N) is 3. The van der Waals surface area contributed by atoms with Crippen LogP contribution in [0.25, 0.3) is 292 Å². The number of pyridine rings is 3. The van der Waals surface area contributed by atoms with E-state index in [2.05, 4.69) is 528 Å². The summed E-state index contributed by atoms with van der Waals surface area (Å²) in [5.74, 6) is 0. The predicted molar refractivity (Wildman–Crippen MR) is 634 cm³/mol. The second kappa shape index (κ2) is 36.6. The summed E-state index contributed by atoms with van der Waals surface area (Å²) < 4.78 is 7.81. The average Bonchev–Trinajstić information content (AvgIpc) is 1.62. The number of thiophene rings is 3. The van der Waals surface area contributed by atoms with Gasteiger partial charge in [-0.05, 0) is 211 Å². The van der Waals surface area contributed by atoms with Crippen LogP contribution in [-0.2, 0) is 0 Å². The van der Waals surface area contributed by atoms with Crippen molar-refractivity contribution in [3.05, 3.63) is 528 Å². The van der Waals surface area contributed by atoms with Crippen molar-refractivity contribution in [2.24, 2.45) is 0 Å². The number of benzene rings is 24. The molecule has 0 aliphatic heterocycles. The number of aromatic nitrogens is 3. The highest BCUT2D eigenvalue weighted by Crippen LogP contribution is 2.54. The third-order valence-electron chi connectivity index (χ3n) is 29.6. The molecule has 0 saturated carbocycles. The first-order chi connectivity index (χ1) is 72.9. The molecule has 0 bridgehead atoms. The summed E-state index contributed by atoms with van der Waals surface area (Å²) in [4.78, 5) is 16.4. The molecule has 0 aliphatic rings. The van der Waals surface area contributed by atoms with E-state index in [4.69, 9.17) is 15.0 Å². The lowest BCUT2D eigenvalue weighted by Crippen LogP contribution is -1.92. The molecule has 0 aliphatic carbocycles. The van der Waals surface area contributed by atoms with Crippen molar-refractivity contribution in [2.45, 2.75) is 0 Å². The van der Waals surface area contributed by atoms with Crippen LogP contribution in [0.2, 0.25) is 0 Å². The fraction of sp³-hybridized carbons (Fsp3) is 0. The molecule has 6 aromatic heterocycles. The van der Waals surface area contributed by atoms with Gasteiger partial charge in [0.1, 0.15) is 0 Å². The SMILES string of the molecule is c1ccc(-c2cc(-c3ccccc3)c3sc4c(-c5ccccc5-c5ccc6c7ccccc7c7ccccc7c6n5)cc(-c5ccccc5)cc4c3c2)cc1.c1ccc(-c2ccc3sc4c(-c5ccccc5-c5ccc6c7ccccc7c7ccccc7c6n5)cc(-c5ccccc5)cc4c3c2)cc1.c1ccc(-c2cccc3c2sc2c(-c4ccccc4-c4ccc5c6ccccc6c6ccccc6c5n4)cccc23)cc1. The molecular weight excluding hydrogens is 1830 g/mol. The van der Waals surface area contributed by atoms with Crippen molar-refractivity contribution in [2.75, 3.05) is 0 Å². The number of hydrogen-bond donors (Lipinski definition) is 0. The number of fused-ring (bicyclic) bond motifs is 27. The number of rotatable bonds is 12. The largest absolute Gasteiger partial charge is 0.247 e. The van der Waals surface area contributed by atoms with Gasteiger partial charge < -0.3 is 0 Å².